The summed E-state index contributed by atoms with van der Waals surface area (Å²) in [6.45, 7) is -0.0348. The van der Waals surface area contributed by atoms with Crippen LogP contribution >= 0.6 is 0 Å². The molecular formula is C13H11N3O. The zero-order valence-corrected chi connectivity index (χ0v) is 9.11. The second-order valence-corrected chi connectivity index (χ2v) is 3.74. The normalized spacial score (nSPS) is 10.9. The topological polar surface area (TPSA) is 50.9 Å². The fourth-order valence-corrected chi connectivity index (χ4v) is 1.97. The van der Waals surface area contributed by atoms with Gasteiger partial charge in [-0.1, -0.05) is 18.2 Å². The second kappa shape index (κ2) is 3.99. The minimum Gasteiger partial charge on any atom is -0.390 e. The zero-order chi connectivity index (χ0) is 11.7. The van der Waals surface area contributed by atoms with Gasteiger partial charge in [-0.2, -0.15) is 0 Å². The van der Waals surface area contributed by atoms with Gasteiger partial charge in [0.05, 0.1) is 17.8 Å². The lowest BCUT2D eigenvalue weighted by Crippen LogP contribution is -2.03. The molecule has 0 saturated carbocycles. The molecule has 1 aromatic carbocycles. The summed E-state index contributed by atoms with van der Waals surface area (Å²) in [6.07, 6.45) is 3.39. The molecule has 0 spiro atoms. The van der Waals surface area contributed by atoms with E-state index in [1.165, 1.54) is 0 Å². The van der Waals surface area contributed by atoms with Crippen LogP contribution in [0.5, 0.6) is 0 Å². The molecule has 3 aromatic rings. The standard InChI is InChI=1S/C13H11N3O/c17-9-11-8-10-4-1-2-5-12(10)16(11)13-14-6-3-7-15-13/h1-8,17H,9H2. The molecule has 4 nitrogen and oxygen atoms in total. The Morgan fingerprint density at radius 2 is 1.82 bits per heavy atom. The summed E-state index contributed by atoms with van der Waals surface area (Å²) in [6, 6.07) is 11.7. The van der Waals surface area contributed by atoms with Crippen molar-refractivity contribution in [2.75, 3.05) is 0 Å². The Bertz CT molecular complexity index is 646. The lowest BCUT2D eigenvalue weighted by molar-refractivity contribution is 0.275. The Hall–Kier alpha value is -2.20. The van der Waals surface area contributed by atoms with E-state index in [0.717, 1.165) is 16.6 Å². The third-order valence-electron chi connectivity index (χ3n) is 2.70. The summed E-state index contributed by atoms with van der Waals surface area (Å²) in [5.74, 6) is 0.581. The molecule has 84 valence electrons. The maximum Gasteiger partial charge on any atom is 0.234 e. The second-order valence-electron chi connectivity index (χ2n) is 3.74. The highest BCUT2D eigenvalue weighted by atomic mass is 16.3. The van der Waals surface area contributed by atoms with E-state index in [1.54, 1.807) is 18.5 Å². The van der Waals surface area contributed by atoms with E-state index in [9.17, 15) is 5.11 Å². The Morgan fingerprint density at radius 1 is 1.06 bits per heavy atom. The molecule has 2 aromatic heterocycles. The summed E-state index contributed by atoms with van der Waals surface area (Å²) in [4.78, 5) is 8.44. The monoisotopic (exact) mass is 225 g/mol. The molecule has 0 amide bonds. The van der Waals surface area contributed by atoms with Crippen LogP contribution in [0.4, 0.5) is 0 Å². The van der Waals surface area contributed by atoms with Gasteiger partial charge in [0, 0.05) is 17.8 Å². The van der Waals surface area contributed by atoms with Crippen LogP contribution in [-0.4, -0.2) is 19.6 Å². The van der Waals surface area contributed by atoms with Crippen molar-refractivity contribution in [3.05, 3.63) is 54.5 Å². The highest BCUT2D eigenvalue weighted by Gasteiger charge is 2.10. The predicted molar refractivity (Wildman–Crippen MR) is 64.8 cm³/mol. The quantitative estimate of drug-likeness (QED) is 0.724. The fraction of sp³-hybridized carbons (Fsp3) is 0.0769. The van der Waals surface area contributed by atoms with Gasteiger partial charge in [0.25, 0.3) is 0 Å². The van der Waals surface area contributed by atoms with Crippen molar-refractivity contribution in [3.63, 3.8) is 0 Å². The van der Waals surface area contributed by atoms with Gasteiger partial charge in [-0.25, -0.2) is 9.97 Å². The Kier molecular flexibility index (Phi) is 2.34. The SMILES string of the molecule is OCc1cc2ccccc2n1-c1ncccn1. The number of aliphatic hydroxyl groups is 1. The Labute approximate surface area is 98.2 Å². The van der Waals surface area contributed by atoms with Gasteiger partial charge < -0.3 is 5.11 Å². The van der Waals surface area contributed by atoms with Gasteiger partial charge in [0.1, 0.15) is 0 Å². The van der Waals surface area contributed by atoms with Gasteiger partial charge in [0.15, 0.2) is 0 Å². The van der Waals surface area contributed by atoms with E-state index in [4.69, 9.17) is 0 Å². The predicted octanol–water partition coefficient (Wildman–Crippen LogP) is 1.91. The van der Waals surface area contributed by atoms with Crippen molar-refractivity contribution in [2.45, 2.75) is 6.61 Å². The first-order valence-corrected chi connectivity index (χ1v) is 5.38. The van der Waals surface area contributed by atoms with Crippen LogP contribution < -0.4 is 0 Å². The summed E-state index contributed by atoms with van der Waals surface area (Å²) in [5, 5.41) is 10.5. The van der Waals surface area contributed by atoms with E-state index in [-0.39, 0.29) is 6.61 Å². The number of fused-ring (bicyclic) bond motifs is 1. The van der Waals surface area contributed by atoms with Crippen molar-refractivity contribution >= 4 is 10.9 Å². The molecule has 3 rings (SSSR count). The van der Waals surface area contributed by atoms with Crippen LogP contribution in [0, 0.1) is 0 Å². The maximum atomic E-state index is 9.40. The third kappa shape index (κ3) is 1.59. The summed E-state index contributed by atoms with van der Waals surface area (Å²) in [5.41, 5.74) is 1.79. The molecule has 0 aliphatic carbocycles. The molecule has 0 saturated heterocycles. The Balaban J connectivity index is 2.34. The first-order valence-electron chi connectivity index (χ1n) is 5.38. The van der Waals surface area contributed by atoms with Crippen LogP contribution in [0.15, 0.2) is 48.8 Å². The van der Waals surface area contributed by atoms with E-state index in [0.29, 0.717) is 5.95 Å². The highest BCUT2D eigenvalue weighted by molar-refractivity contribution is 5.82. The molecule has 0 aliphatic heterocycles. The largest absolute Gasteiger partial charge is 0.390 e. The van der Waals surface area contributed by atoms with Crippen LogP contribution in [-0.2, 0) is 6.61 Å². The molecule has 0 atom stereocenters. The van der Waals surface area contributed by atoms with Crippen molar-refractivity contribution in [1.29, 1.82) is 0 Å². The van der Waals surface area contributed by atoms with Gasteiger partial charge >= 0.3 is 0 Å². The molecule has 17 heavy (non-hydrogen) atoms. The molecule has 0 unspecified atom stereocenters. The Morgan fingerprint density at radius 3 is 2.59 bits per heavy atom. The number of hydrogen-bond donors (Lipinski definition) is 1. The summed E-state index contributed by atoms with van der Waals surface area (Å²) >= 11 is 0. The summed E-state index contributed by atoms with van der Waals surface area (Å²) < 4.78 is 1.87. The number of nitrogens with zero attached hydrogens (tertiary/aromatic N) is 3. The molecule has 0 fully saturated rings. The minimum atomic E-state index is -0.0348. The van der Waals surface area contributed by atoms with Crippen LogP contribution in [0.3, 0.4) is 0 Å². The van der Waals surface area contributed by atoms with E-state index >= 15 is 0 Å². The maximum absolute atomic E-state index is 9.40. The van der Waals surface area contributed by atoms with Crippen LogP contribution in [0.1, 0.15) is 5.69 Å². The highest BCUT2D eigenvalue weighted by Crippen LogP contribution is 2.22. The average molecular weight is 225 g/mol. The number of aromatic nitrogens is 3. The van der Waals surface area contributed by atoms with E-state index < -0.39 is 0 Å². The van der Waals surface area contributed by atoms with Crippen molar-refractivity contribution in [3.8, 4) is 5.95 Å². The molecule has 4 heteroatoms. The molecule has 0 bridgehead atoms. The molecule has 1 N–H and O–H groups in total. The van der Waals surface area contributed by atoms with Crippen molar-refractivity contribution in [2.24, 2.45) is 0 Å². The lowest BCUT2D eigenvalue weighted by Gasteiger charge is -2.06. The number of rotatable bonds is 2. The number of benzene rings is 1. The van der Waals surface area contributed by atoms with Gasteiger partial charge in [-0.3, -0.25) is 4.57 Å². The van der Waals surface area contributed by atoms with Crippen LogP contribution in [0.25, 0.3) is 16.9 Å². The number of hydrogen-bond acceptors (Lipinski definition) is 3. The van der Waals surface area contributed by atoms with Gasteiger partial charge in [-0.05, 0) is 18.2 Å². The molecular weight excluding hydrogens is 214 g/mol. The first-order chi connectivity index (χ1) is 8.40. The van der Waals surface area contributed by atoms with Gasteiger partial charge in [0.2, 0.25) is 5.95 Å². The fourth-order valence-electron chi connectivity index (χ4n) is 1.97. The van der Waals surface area contributed by atoms with Crippen LogP contribution in [0.2, 0.25) is 0 Å². The number of para-hydroxylation sites is 1. The van der Waals surface area contributed by atoms with E-state index in [2.05, 4.69) is 9.97 Å². The number of aliphatic hydroxyl groups excluding tert-OH is 1. The summed E-state index contributed by atoms with van der Waals surface area (Å²) in [7, 11) is 0. The third-order valence-corrected chi connectivity index (χ3v) is 2.70. The lowest BCUT2D eigenvalue weighted by atomic mass is 10.2. The molecule has 0 aliphatic rings. The van der Waals surface area contributed by atoms with Crippen molar-refractivity contribution < 1.29 is 5.11 Å². The van der Waals surface area contributed by atoms with Crippen molar-refractivity contribution in [1.82, 2.24) is 14.5 Å². The molecule has 0 radical (unpaired) electrons. The average Bonchev–Trinajstić information content (AvgIpc) is 2.78. The van der Waals surface area contributed by atoms with Gasteiger partial charge in [-0.15, -0.1) is 0 Å². The smallest absolute Gasteiger partial charge is 0.234 e. The van der Waals surface area contributed by atoms with E-state index in [1.807, 2.05) is 34.9 Å². The molecule has 2 heterocycles. The first kappa shape index (κ1) is 9.99. The minimum absolute atomic E-state index is 0.0348. The zero-order valence-electron chi connectivity index (χ0n) is 9.11.